The highest BCUT2D eigenvalue weighted by Crippen LogP contribution is 2.32. The maximum Gasteiger partial charge on any atom is 0.157 e. The number of hydrogen-bond donors (Lipinski definition) is 1. The van der Waals surface area contributed by atoms with Crippen molar-refractivity contribution in [2.75, 3.05) is 28.4 Å². The molecule has 0 saturated heterocycles. The van der Waals surface area contributed by atoms with Crippen LogP contribution in [0, 0.1) is 0 Å². The van der Waals surface area contributed by atoms with Gasteiger partial charge >= 0.3 is 0 Å². The van der Waals surface area contributed by atoms with Gasteiger partial charge in [0, 0.05) is 19.2 Å². The molecule has 0 aliphatic rings. The summed E-state index contributed by atoms with van der Waals surface area (Å²) in [5.74, 6) is 1.47. The van der Waals surface area contributed by atoms with Gasteiger partial charge in [0.1, 0.15) is 17.2 Å². The van der Waals surface area contributed by atoms with Gasteiger partial charge in [0.2, 0.25) is 0 Å². The van der Waals surface area contributed by atoms with E-state index in [1.54, 1.807) is 12.1 Å². The third-order valence-corrected chi connectivity index (χ3v) is 1.87. The summed E-state index contributed by atoms with van der Waals surface area (Å²) in [7, 11) is 5.51. The number of methoxy groups -OCH3 is 3. The summed E-state index contributed by atoms with van der Waals surface area (Å²) < 4.78 is 15.1. The van der Waals surface area contributed by atoms with Gasteiger partial charge in [-0.25, -0.2) is 0 Å². The molecule has 0 atom stereocenters. The maximum absolute atomic E-state index is 10.8. The minimum atomic E-state index is 0.385. The monoisotopic (exact) mass is 228 g/mol. The summed E-state index contributed by atoms with van der Waals surface area (Å²) in [6, 6.07) is 3.26. The van der Waals surface area contributed by atoms with Crippen molar-refractivity contribution in [2.45, 2.75) is 0 Å². The van der Waals surface area contributed by atoms with Crippen LogP contribution in [0.1, 0.15) is 10.4 Å². The van der Waals surface area contributed by atoms with E-state index < -0.39 is 0 Å². The highest BCUT2D eigenvalue weighted by atomic mass is 16.5. The highest BCUT2D eigenvalue weighted by molar-refractivity contribution is 5.84. The standard InChI is InChI=1S/C10H12O4.CH4O/c1-12-7-4-9(13-2)8(6-11)10(5-7)14-3;1-2/h4-6H,1-3H3;2H,1H3. The first-order valence-corrected chi connectivity index (χ1v) is 4.46. The normalized spacial score (nSPS) is 8.56. The van der Waals surface area contributed by atoms with E-state index in [1.165, 1.54) is 21.3 Å². The molecule has 0 fully saturated rings. The first-order valence-electron chi connectivity index (χ1n) is 4.46. The van der Waals surface area contributed by atoms with Gasteiger partial charge < -0.3 is 19.3 Å². The Hall–Kier alpha value is -1.75. The minimum absolute atomic E-state index is 0.385. The van der Waals surface area contributed by atoms with Gasteiger partial charge in [0.25, 0.3) is 0 Å². The van der Waals surface area contributed by atoms with Crippen LogP contribution in [0.3, 0.4) is 0 Å². The van der Waals surface area contributed by atoms with Crippen molar-refractivity contribution in [1.29, 1.82) is 0 Å². The number of aliphatic hydroxyl groups is 1. The molecule has 0 aliphatic heterocycles. The van der Waals surface area contributed by atoms with Crippen LogP contribution in [0.4, 0.5) is 0 Å². The molecule has 0 aliphatic carbocycles. The fraction of sp³-hybridized carbons (Fsp3) is 0.364. The first kappa shape index (κ1) is 14.2. The molecule has 1 aromatic carbocycles. The zero-order valence-corrected chi connectivity index (χ0v) is 9.81. The highest BCUT2D eigenvalue weighted by Gasteiger charge is 2.11. The summed E-state index contributed by atoms with van der Waals surface area (Å²) in [5, 5.41) is 7.00. The summed E-state index contributed by atoms with van der Waals surface area (Å²) in [5.41, 5.74) is 0.385. The second-order valence-electron chi connectivity index (χ2n) is 2.56. The lowest BCUT2D eigenvalue weighted by Gasteiger charge is -2.10. The van der Waals surface area contributed by atoms with Crippen molar-refractivity contribution in [3.63, 3.8) is 0 Å². The number of benzene rings is 1. The lowest BCUT2D eigenvalue weighted by atomic mass is 10.2. The number of carbonyl (C=O) groups excluding carboxylic acids is 1. The van der Waals surface area contributed by atoms with Crippen molar-refractivity contribution >= 4 is 6.29 Å². The van der Waals surface area contributed by atoms with Gasteiger partial charge in [-0.1, -0.05) is 0 Å². The number of rotatable bonds is 4. The van der Waals surface area contributed by atoms with Gasteiger partial charge in [-0.05, 0) is 0 Å². The van der Waals surface area contributed by atoms with E-state index in [2.05, 4.69) is 0 Å². The third kappa shape index (κ3) is 3.13. The van der Waals surface area contributed by atoms with Crippen LogP contribution in [0.15, 0.2) is 12.1 Å². The van der Waals surface area contributed by atoms with Crippen LogP contribution in [0.5, 0.6) is 17.2 Å². The quantitative estimate of drug-likeness (QED) is 0.783. The first-order chi connectivity index (χ1) is 7.76. The summed E-state index contributed by atoms with van der Waals surface area (Å²) >= 11 is 0. The molecule has 0 unspecified atom stereocenters. The predicted octanol–water partition coefficient (Wildman–Crippen LogP) is 1.13. The zero-order chi connectivity index (χ0) is 12.6. The van der Waals surface area contributed by atoms with Gasteiger partial charge in [0.15, 0.2) is 6.29 Å². The Kier molecular flexibility index (Phi) is 6.71. The topological polar surface area (TPSA) is 65.0 Å². The van der Waals surface area contributed by atoms with Crippen molar-refractivity contribution < 1.29 is 24.1 Å². The molecule has 0 saturated carbocycles. The predicted molar refractivity (Wildman–Crippen MR) is 59.6 cm³/mol. The van der Waals surface area contributed by atoms with E-state index in [1.807, 2.05) is 0 Å². The van der Waals surface area contributed by atoms with Gasteiger partial charge in [0.05, 0.1) is 26.9 Å². The van der Waals surface area contributed by atoms with Crippen molar-refractivity contribution in [3.8, 4) is 17.2 Å². The Balaban J connectivity index is 0.00000106. The van der Waals surface area contributed by atoms with Crippen LogP contribution in [0.2, 0.25) is 0 Å². The Morgan fingerprint density at radius 2 is 1.44 bits per heavy atom. The summed E-state index contributed by atoms with van der Waals surface area (Å²) in [4.78, 5) is 10.8. The van der Waals surface area contributed by atoms with Crippen molar-refractivity contribution in [3.05, 3.63) is 17.7 Å². The molecular formula is C11H16O5. The van der Waals surface area contributed by atoms with E-state index in [0.29, 0.717) is 29.1 Å². The van der Waals surface area contributed by atoms with E-state index >= 15 is 0 Å². The minimum Gasteiger partial charge on any atom is -0.496 e. The molecule has 5 nitrogen and oxygen atoms in total. The largest absolute Gasteiger partial charge is 0.496 e. The summed E-state index contributed by atoms with van der Waals surface area (Å²) in [6.45, 7) is 0. The fourth-order valence-corrected chi connectivity index (χ4v) is 1.15. The molecule has 0 heterocycles. The Labute approximate surface area is 94.6 Å². The number of hydrogen-bond acceptors (Lipinski definition) is 5. The number of ether oxygens (including phenoxy) is 3. The van der Waals surface area contributed by atoms with E-state index in [0.717, 1.165) is 7.11 Å². The Morgan fingerprint density at radius 3 is 1.69 bits per heavy atom. The molecule has 1 N–H and O–H groups in total. The number of aldehydes is 1. The number of carbonyl (C=O) groups is 1. The average molecular weight is 228 g/mol. The molecule has 90 valence electrons. The van der Waals surface area contributed by atoms with Crippen molar-refractivity contribution in [2.24, 2.45) is 0 Å². The zero-order valence-electron chi connectivity index (χ0n) is 9.81. The molecule has 0 radical (unpaired) electrons. The third-order valence-electron chi connectivity index (χ3n) is 1.87. The SMILES string of the molecule is CO.COc1cc(OC)c(C=O)c(OC)c1. The van der Waals surface area contributed by atoms with Gasteiger partial charge in [-0.2, -0.15) is 0 Å². The van der Waals surface area contributed by atoms with Crippen LogP contribution < -0.4 is 14.2 Å². The lowest BCUT2D eigenvalue weighted by molar-refractivity contribution is 0.111. The molecule has 5 heteroatoms. The van der Waals surface area contributed by atoms with E-state index in [9.17, 15) is 4.79 Å². The molecule has 0 amide bonds. The molecule has 0 aromatic heterocycles. The van der Waals surface area contributed by atoms with Crippen LogP contribution >= 0.6 is 0 Å². The average Bonchev–Trinajstić information content (AvgIpc) is 2.39. The van der Waals surface area contributed by atoms with Crippen LogP contribution in [-0.2, 0) is 0 Å². The molecule has 0 bridgehead atoms. The Bertz CT molecular complexity index is 310. The summed E-state index contributed by atoms with van der Waals surface area (Å²) in [6.07, 6.45) is 0.692. The van der Waals surface area contributed by atoms with Gasteiger partial charge in [-0.3, -0.25) is 4.79 Å². The van der Waals surface area contributed by atoms with Crippen LogP contribution in [0.25, 0.3) is 0 Å². The second kappa shape index (κ2) is 7.53. The van der Waals surface area contributed by atoms with E-state index in [-0.39, 0.29) is 0 Å². The fourth-order valence-electron chi connectivity index (χ4n) is 1.15. The molecule has 0 spiro atoms. The van der Waals surface area contributed by atoms with Crippen molar-refractivity contribution in [1.82, 2.24) is 0 Å². The lowest BCUT2D eigenvalue weighted by Crippen LogP contribution is -1.96. The maximum atomic E-state index is 10.8. The molecule has 16 heavy (non-hydrogen) atoms. The number of aliphatic hydroxyl groups excluding tert-OH is 1. The van der Waals surface area contributed by atoms with E-state index in [4.69, 9.17) is 19.3 Å². The molecule has 1 rings (SSSR count). The molecule has 1 aromatic rings. The smallest absolute Gasteiger partial charge is 0.157 e. The molecular weight excluding hydrogens is 212 g/mol. The van der Waals surface area contributed by atoms with Crippen LogP contribution in [-0.4, -0.2) is 39.8 Å². The second-order valence-corrected chi connectivity index (χ2v) is 2.56. The van der Waals surface area contributed by atoms with Gasteiger partial charge in [-0.15, -0.1) is 0 Å². The Morgan fingerprint density at radius 1 is 1.00 bits per heavy atom.